The van der Waals surface area contributed by atoms with Crippen LogP contribution in [-0.2, 0) is 9.59 Å². The molecule has 0 saturated carbocycles. The zero-order valence-electron chi connectivity index (χ0n) is 10.6. The third kappa shape index (κ3) is 7.33. The van der Waals surface area contributed by atoms with E-state index in [1.54, 1.807) is 6.08 Å². The highest BCUT2D eigenvalue weighted by atomic mass is 16.4. The van der Waals surface area contributed by atoms with Crippen molar-refractivity contribution in [2.45, 2.75) is 40.0 Å². The summed E-state index contributed by atoms with van der Waals surface area (Å²) in [6, 6.07) is 0. The smallest absolute Gasteiger partial charge is 0.318 e. The van der Waals surface area contributed by atoms with Crippen LogP contribution in [0.3, 0.4) is 0 Å². The van der Waals surface area contributed by atoms with Crippen molar-refractivity contribution in [3.8, 4) is 0 Å². The van der Waals surface area contributed by atoms with Crippen molar-refractivity contribution in [1.82, 2.24) is 0 Å². The number of allylic oxidation sites excluding steroid dienone is 4. The van der Waals surface area contributed by atoms with Crippen molar-refractivity contribution in [1.29, 1.82) is 0 Å². The molecule has 0 radical (unpaired) electrons. The standard InChI is InChI=1S/C13H20O4/c1-9(2)5-4-6-10(3)7-8-11(12(14)15)13(16)17/h5,7,11H,4,6,8H2,1-3H3,(H,14,15)(H,16,17). The van der Waals surface area contributed by atoms with Gasteiger partial charge in [-0.2, -0.15) is 0 Å². The van der Waals surface area contributed by atoms with Crippen LogP contribution in [0.1, 0.15) is 40.0 Å². The Bertz CT molecular complexity index is 321. The lowest BCUT2D eigenvalue weighted by Crippen LogP contribution is -2.22. The van der Waals surface area contributed by atoms with Gasteiger partial charge in [-0.15, -0.1) is 0 Å². The number of hydrogen-bond acceptors (Lipinski definition) is 2. The van der Waals surface area contributed by atoms with Crippen molar-refractivity contribution in [3.63, 3.8) is 0 Å². The van der Waals surface area contributed by atoms with Crippen LogP contribution < -0.4 is 0 Å². The number of hydrogen-bond donors (Lipinski definition) is 2. The minimum Gasteiger partial charge on any atom is -0.481 e. The molecule has 0 spiro atoms. The Balaban J connectivity index is 4.25. The Morgan fingerprint density at radius 3 is 2.00 bits per heavy atom. The van der Waals surface area contributed by atoms with Crippen LogP contribution in [0.5, 0.6) is 0 Å². The number of aliphatic carboxylic acids is 2. The predicted molar refractivity (Wildman–Crippen MR) is 65.8 cm³/mol. The van der Waals surface area contributed by atoms with Gasteiger partial charge >= 0.3 is 11.9 Å². The number of carboxylic acid groups (broad SMARTS) is 2. The van der Waals surface area contributed by atoms with Gasteiger partial charge in [-0.3, -0.25) is 9.59 Å². The van der Waals surface area contributed by atoms with E-state index in [9.17, 15) is 9.59 Å². The highest BCUT2D eigenvalue weighted by molar-refractivity contribution is 5.93. The van der Waals surface area contributed by atoms with Crippen LogP contribution in [0.4, 0.5) is 0 Å². The minimum atomic E-state index is -1.34. The summed E-state index contributed by atoms with van der Waals surface area (Å²) in [4.78, 5) is 21.3. The summed E-state index contributed by atoms with van der Waals surface area (Å²) in [6.45, 7) is 5.92. The molecule has 4 nitrogen and oxygen atoms in total. The van der Waals surface area contributed by atoms with Gasteiger partial charge in [0, 0.05) is 0 Å². The van der Waals surface area contributed by atoms with Crippen LogP contribution >= 0.6 is 0 Å². The Morgan fingerprint density at radius 1 is 1.06 bits per heavy atom. The SMILES string of the molecule is CC(C)=CCCC(C)=CCC(C(=O)O)C(=O)O. The highest BCUT2D eigenvalue weighted by Crippen LogP contribution is 2.12. The summed E-state index contributed by atoms with van der Waals surface area (Å²) in [6.07, 6.45) is 5.58. The van der Waals surface area contributed by atoms with Crippen LogP contribution in [0.2, 0.25) is 0 Å². The second-order valence-corrected chi connectivity index (χ2v) is 4.34. The van der Waals surface area contributed by atoms with Crippen LogP contribution in [0.15, 0.2) is 23.3 Å². The molecule has 0 amide bonds. The summed E-state index contributed by atoms with van der Waals surface area (Å²) in [7, 11) is 0. The van der Waals surface area contributed by atoms with Gasteiger partial charge in [0.1, 0.15) is 0 Å². The van der Waals surface area contributed by atoms with Gasteiger partial charge in [-0.25, -0.2) is 0 Å². The van der Waals surface area contributed by atoms with E-state index in [1.807, 2.05) is 20.8 Å². The molecule has 0 aliphatic heterocycles. The quantitative estimate of drug-likeness (QED) is 0.530. The third-order valence-corrected chi connectivity index (χ3v) is 2.39. The molecule has 0 saturated heterocycles. The van der Waals surface area contributed by atoms with E-state index in [2.05, 4.69) is 6.08 Å². The molecule has 4 heteroatoms. The maximum atomic E-state index is 10.6. The number of rotatable bonds is 7. The predicted octanol–water partition coefficient (Wildman–Crippen LogP) is 2.85. The lowest BCUT2D eigenvalue weighted by atomic mass is 10.0. The van der Waals surface area contributed by atoms with Gasteiger partial charge in [-0.1, -0.05) is 23.3 Å². The Morgan fingerprint density at radius 2 is 1.59 bits per heavy atom. The molecule has 0 heterocycles. The summed E-state index contributed by atoms with van der Waals surface area (Å²) in [5.41, 5.74) is 2.27. The first-order chi connectivity index (χ1) is 7.84. The first-order valence-corrected chi connectivity index (χ1v) is 5.59. The minimum absolute atomic E-state index is 0.0469. The van der Waals surface area contributed by atoms with E-state index in [0.717, 1.165) is 18.4 Å². The zero-order valence-corrected chi connectivity index (χ0v) is 10.6. The highest BCUT2D eigenvalue weighted by Gasteiger charge is 2.23. The van der Waals surface area contributed by atoms with Crippen molar-refractivity contribution < 1.29 is 19.8 Å². The first-order valence-electron chi connectivity index (χ1n) is 5.59. The summed E-state index contributed by atoms with van der Waals surface area (Å²) in [5, 5.41) is 17.4. The molecule has 0 aromatic rings. The van der Waals surface area contributed by atoms with E-state index in [1.165, 1.54) is 5.57 Å². The Labute approximate surface area is 102 Å². The second-order valence-electron chi connectivity index (χ2n) is 4.34. The van der Waals surface area contributed by atoms with E-state index in [4.69, 9.17) is 10.2 Å². The fourth-order valence-corrected chi connectivity index (χ4v) is 1.32. The summed E-state index contributed by atoms with van der Waals surface area (Å²) < 4.78 is 0. The van der Waals surface area contributed by atoms with Crippen molar-refractivity contribution >= 4 is 11.9 Å². The zero-order chi connectivity index (χ0) is 13.4. The van der Waals surface area contributed by atoms with E-state index in [0.29, 0.717) is 0 Å². The maximum absolute atomic E-state index is 10.6. The summed E-state index contributed by atoms with van der Waals surface area (Å²) >= 11 is 0. The fourth-order valence-electron chi connectivity index (χ4n) is 1.32. The van der Waals surface area contributed by atoms with Crippen molar-refractivity contribution in [2.24, 2.45) is 5.92 Å². The van der Waals surface area contributed by atoms with Gasteiger partial charge in [0.25, 0.3) is 0 Å². The lowest BCUT2D eigenvalue weighted by Gasteiger charge is -2.04. The van der Waals surface area contributed by atoms with Gasteiger partial charge in [0.05, 0.1) is 0 Å². The van der Waals surface area contributed by atoms with Crippen molar-refractivity contribution in [3.05, 3.63) is 23.3 Å². The van der Waals surface area contributed by atoms with E-state index >= 15 is 0 Å². The van der Waals surface area contributed by atoms with Crippen LogP contribution in [0.25, 0.3) is 0 Å². The lowest BCUT2D eigenvalue weighted by molar-refractivity contribution is -0.154. The number of carboxylic acids is 2. The Kier molecular flexibility index (Phi) is 6.94. The van der Waals surface area contributed by atoms with Gasteiger partial charge in [0.2, 0.25) is 0 Å². The average Bonchev–Trinajstić information content (AvgIpc) is 2.15. The molecule has 0 unspecified atom stereocenters. The molecule has 0 fully saturated rings. The van der Waals surface area contributed by atoms with Crippen LogP contribution in [-0.4, -0.2) is 22.2 Å². The number of carbonyl (C=O) groups is 2. The molecule has 0 bridgehead atoms. The molecule has 0 aromatic carbocycles. The average molecular weight is 240 g/mol. The molecule has 0 rings (SSSR count). The molecule has 0 aromatic heterocycles. The normalized spacial score (nSPS) is 11.4. The van der Waals surface area contributed by atoms with E-state index < -0.39 is 17.9 Å². The van der Waals surface area contributed by atoms with Gasteiger partial charge in [-0.05, 0) is 40.0 Å². The van der Waals surface area contributed by atoms with E-state index in [-0.39, 0.29) is 6.42 Å². The van der Waals surface area contributed by atoms with Gasteiger partial charge < -0.3 is 10.2 Å². The topological polar surface area (TPSA) is 74.6 Å². The van der Waals surface area contributed by atoms with Crippen molar-refractivity contribution in [2.75, 3.05) is 0 Å². The molecule has 2 N–H and O–H groups in total. The second kappa shape index (κ2) is 7.65. The third-order valence-electron chi connectivity index (χ3n) is 2.39. The molecule has 0 atom stereocenters. The molecule has 96 valence electrons. The molecular weight excluding hydrogens is 220 g/mol. The van der Waals surface area contributed by atoms with Gasteiger partial charge in [0.15, 0.2) is 5.92 Å². The molecule has 0 aliphatic carbocycles. The first kappa shape index (κ1) is 15.4. The molecule has 17 heavy (non-hydrogen) atoms. The van der Waals surface area contributed by atoms with Crippen LogP contribution in [0, 0.1) is 5.92 Å². The largest absolute Gasteiger partial charge is 0.481 e. The summed E-state index contributed by atoms with van der Waals surface area (Å²) in [5.74, 6) is -3.91. The fraction of sp³-hybridized carbons (Fsp3) is 0.538. The molecular formula is C13H20O4. The monoisotopic (exact) mass is 240 g/mol. The molecule has 0 aliphatic rings. The maximum Gasteiger partial charge on any atom is 0.318 e. The Hall–Kier alpha value is -1.58.